The van der Waals surface area contributed by atoms with Gasteiger partial charge in [0, 0.05) is 32.2 Å². The van der Waals surface area contributed by atoms with Crippen LogP contribution in [0.25, 0.3) is 11.0 Å². The molecule has 0 aromatic carbocycles. The lowest BCUT2D eigenvalue weighted by atomic mass is 10.2. The quantitative estimate of drug-likeness (QED) is 0.796. The second-order valence-corrected chi connectivity index (χ2v) is 4.22. The highest BCUT2D eigenvalue weighted by Crippen LogP contribution is 2.11. The number of pyridine rings is 2. The van der Waals surface area contributed by atoms with E-state index in [0.29, 0.717) is 12.2 Å². The first-order chi connectivity index (χ1) is 8.56. The monoisotopic (exact) mass is 245 g/mol. The van der Waals surface area contributed by atoms with E-state index in [2.05, 4.69) is 4.98 Å². The van der Waals surface area contributed by atoms with Crippen LogP contribution in [0.15, 0.2) is 29.2 Å². The topological polar surface area (TPSA) is 55.2 Å². The predicted molar refractivity (Wildman–Crippen MR) is 69.7 cm³/mol. The predicted octanol–water partition coefficient (Wildman–Crippen LogP) is 1.12. The molecule has 0 radical (unpaired) electrons. The van der Waals surface area contributed by atoms with Crippen molar-refractivity contribution in [1.82, 2.24) is 14.5 Å². The Balaban J connectivity index is 2.81. The molecule has 94 valence electrons. The van der Waals surface area contributed by atoms with E-state index in [0.717, 1.165) is 5.39 Å². The highest BCUT2D eigenvalue weighted by Gasteiger charge is 2.16. The smallest absolute Gasteiger partial charge is 0.265 e. The van der Waals surface area contributed by atoms with Crippen LogP contribution in [-0.4, -0.2) is 34.5 Å². The molecule has 18 heavy (non-hydrogen) atoms. The molecule has 2 rings (SSSR count). The summed E-state index contributed by atoms with van der Waals surface area (Å²) >= 11 is 0. The molecule has 0 spiro atoms. The van der Waals surface area contributed by atoms with E-state index < -0.39 is 0 Å². The summed E-state index contributed by atoms with van der Waals surface area (Å²) in [6.07, 6.45) is 1.64. The van der Waals surface area contributed by atoms with E-state index in [1.807, 2.05) is 13.0 Å². The fourth-order valence-corrected chi connectivity index (χ4v) is 1.89. The van der Waals surface area contributed by atoms with E-state index in [1.54, 1.807) is 32.4 Å². The first kappa shape index (κ1) is 12.3. The normalized spacial score (nSPS) is 10.6. The summed E-state index contributed by atoms with van der Waals surface area (Å²) < 4.78 is 1.52. The highest BCUT2D eigenvalue weighted by molar-refractivity contribution is 5.96. The zero-order valence-electron chi connectivity index (χ0n) is 10.7. The van der Waals surface area contributed by atoms with Gasteiger partial charge in [-0.1, -0.05) is 0 Å². The summed E-state index contributed by atoms with van der Waals surface area (Å²) in [6.45, 7) is 2.35. The van der Waals surface area contributed by atoms with Gasteiger partial charge in [0.15, 0.2) is 0 Å². The maximum Gasteiger partial charge on any atom is 0.265 e. The average Bonchev–Trinajstić information content (AvgIpc) is 2.37. The van der Waals surface area contributed by atoms with Crippen LogP contribution >= 0.6 is 0 Å². The van der Waals surface area contributed by atoms with Crippen molar-refractivity contribution in [2.75, 3.05) is 14.1 Å². The van der Waals surface area contributed by atoms with Crippen LogP contribution in [0.1, 0.15) is 17.3 Å². The van der Waals surface area contributed by atoms with Crippen LogP contribution in [0.2, 0.25) is 0 Å². The molecule has 0 saturated carbocycles. The van der Waals surface area contributed by atoms with Crippen LogP contribution in [-0.2, 0) is 6.54 Å². The minimum atomic E-state index is -0.289. The minimum Gasteiger partial charge on any atom is -0.345 e. The number of amides is 1. The molecule has 0 bridgehead atoms. The SMILES string of the molecule is CCn1c(=O)c(C(=O)N(C)C)cc2cccnc21. The molecule has 0 aliphatic rings. The van der Waals surface area contributed by atoms with Crippen LogP contribution in [0.4, 0.5) is 0 Å². The minimum absolute atomic E-state index is 0.183. The lowest BCUT2D eigenvalue weighted by Crippen LogP contribution is -2.32. The number of carbonyl (C=O) groups excluding carboxylic acids is 1. The van der Waals surface area contributed by atoms with E-state index in [1.165, 1.54) is 9.47 Å². The molecule has 0 fully saturated rings. The van der Waals surface area contributed by atoms with Crippen molar-refractivity contribution in [3.05, 3.63) is 40.3 Å². The zero-order valence-corrected chi connectivity index (χ0v) is 10.7. The van der Waals surface area contributed by atoms with E-state index in [9.17, 15) is 9.59 Å². The number of aromatic nitrogens is 2. The van der Waals surface area contributed by atoms with Crippen molar-refractivity contribution < 1.29 is 4.79 Å². The first-order valence-corrected chi connectivity index (χ1v) is 5.76. The molecule has 0 saturated heterocycles. The van der Waals surface area contributed by atoms with Gasteiger partial charge >= 0.3 is 0 Å². The molecule has 0 atom stereocenters. The Hall–Kier alpha value is -2.17. The fraction of sp³-hybridized carbons (Fsp3) is 0.308. The Morgan fingerprint density at radius 3 is 2.78 bits per heavy atom. The number of hydrogen-bond donors (Lipinski definition) is 0. The molecule has 5 nitrogen and oxygen atoms in total. The van der Waals surface area contributed by atoms with E-state index in [-0.39, 0.29) is 17.0 Å². The van der Waals surface area contributed by atoms with Crippen molar-refractivity contribution in [2.24, 2.45) is 0 Å². The largest absolute Gasteiger partial charge is 0.345 e. The summed E-state index contributed by atoms with van der Waals surface area (Å²) in [6, 6.07) is 5.25. The Kier molecular flexibility index (Phi) is 3.14. The molecular weight excluding hydrogens is 230 g/mol. The van der Waals surface area contributed by atoms with Crippen molar-refractivity contribution in [2.45, 2.75) is 13.5 Å². The Morgan fingerprint density at radius 1 is 1.44 bits per heavy atom. The van der Waals surface area contributed by atoms with Gasteiger partial charge in [0.25, 0.3) is 11.5 Å². The van der Waals surface area contributed by atoms with E-state index in [4.69, 9.17) is 0 Å². The van der Waals surface area contributed by atoms with Crippen molar-refractivity contribution >= 4 is 16.9 Å². The van der Waals surface area contributed by atoms with Crippen LogP contribution < -0.4 is 5.56 Å². The summed E-state index contributed by atoms with van der Waals surface area (Å²) in [5.74, 6) is -0.284. The summed E-state index contributed by atoms with van der Waals surface area (Å²) in [4.78, 5) is 29.8. The molecule has 0 unspecified atom stereocenters. The van der Waals surface area contributed by atoms with Gasteiger partial charge in [-0.2, -0.15) is 0 Å². The third kappa shape index (κ3) is 1.88. The number of fused-ring (bicyclic) bond motifs is 1. The number of aryl methyl sites for hydroxylation is 1. The molecule has 1 amide bonds. The summed E-state index contributed by atoms with van der Waals surface area (Å²) in [5.41, 5.74) is 0.505. The average molecular weight is 245 g/mol. The highest BCUT2D eigenvalue weighted by atomic mass is 16.2. The Bertz CT molecular complexity index is 659. The standard InChI is InChI=1S/C13H15N3O2/c1-4-16-11-9(6-5-7-14-11)8-10(13(16)18)12(17)15(2)3/h5-8H,4H2,1-3H3. The van der Waals surface area contributed by atoms with Gasteiger partial charge in [-0.05, 0) is 25.1 Å². The lowest BCUT2D eigenvalue weighted by Gasteiger charge is -2.13. The van der Waals surface area contributed by atoms with Crippen LogP contribution in [0.5, 0.6) is 0 Å². The van der Waals surface area contributed by atoms with Crippen LogP contribution in [0.3, 0.4) is 0 Å². The zero-order chi connectivity index (χ0) is 13.3. The molecule has 2 aromatic rings. The molecule has 2 aromatic heterocycles. The number of rotatable bonds is 2. The van der Waals surface area contributed by atoms with Crippen LogP contribution in [0, 0.1) is 0 Å². The van der Waals surface area contributed by atoms with Gasteiger partial charge < -0.3 is 4.90 Å². The fourth-order valence-electron chi connectivity index (χ4n) is 1.89. The molecular formula is C13H15N3O2. The summed E-state index contributed by atoms with van der Waals surface area (Å²) in [5, 5.41) is 0.796. The second kappa shape index (κ2) is 4.60. The molecule has 2 heterocycles. The van der Waals surface area contributed by atoms with Gasteiger partial charge in [-0.15, -0.1) is 0 Å². The van der Waals surface area contributed by atoms with Crippen molar-refractivity contribution in [3.8, 4) is 0 Å². The van der Waals surface area contributed by atoms with Gasteiger partial charge in [-0.25, -0.2) is 4.98 Å². The first-order valence-electron chi connectivity index (χ1n) is 5.76. The maximum absolute atomic E-state index is 12.2. The molecule has 5 heteroatoms. The van der Waals surface area contributed by atoms with Gasteiger partial charge in [0.2, 0.25) is 0 Å². The van der Waals surface area contributed by atoms with Gasteiger partial charge in [-0.3, -0.25) is 14.2 Å². The van der Waals surface area contributed by atoms with Gasteiger partial charge in [0.05, 0.1) is 0 Å². The van der Waals surface area contributed by atoms with Gasteiger partial charge in [0.1, 0.15) is 11.2 Å². The molecule has 0 aliphatic heterocycles. The third-order valence-electron chi connectivity index (χ3n) is 2.80. The molecule has 0 aliphatic carbocycles. The van der Waals surface area contributed by atoms with Crippen molar-refractivity contribution in [1.29, 1.82) is 0 Å². The number of hydrogen-bond acceptors (Lipinski definition) is 3. The number of carbonyl (C=O) groups is 1. The van der Waals surface area contributed by atoms with E-state index >= 15 is 0 Å². The number of nitrogens with zero attached hydrogens (tertiary/aromatic N) is 3. The third-order valence-corrected chi connectivity index (χ3v) is 2.80. The Morgan fingerprint density at radius 2 is 2.17 bits per heavy atom. The maximum atomic E-state index is 12.2. The lowest BCUT2D eigenvalue weighted by molar-refractivity contribution is 0.0825. The summed E-state index contributed by atoms with van der Waals surface area (Å²) in [7, 11) is 3.26. The molecule has 0 N–H and O–H groups in total. The Labute approximate surface area is 105 Å². The second-order valence-electron chi connectivity index (χ2n) is 4.22. The van der Waals surface area contributed by atoms with Crippen molar-refractivity contribution in [3.63, 3.8) is 0 Å².